The standard InChI is InChI=1S/C13H18N4OS/c1-16(9-12(18)17-6-2-3-7-17)11-8-15-5-4-10(11)13(14)19/h4-5,8H,2-3,6-7,9H2,1H3,(H2,14,19). The molecule has 0 aromatic carbocycles. The van der Waals surface area contributed by atoms with Crippen molar-refractivity contribution in [2.24, 2.45) is 5.73 Å². The van der Waals surface area contributed by atoms with E-state index in [1.165, 1.54) is 0 Å². The molecule has 0 unspecified atom stereocenters. The lowest BCUT2D eigenvalue weighted by Crippen LogP contribution is -2.37. The minimum Gasteiger partial charge on any atom is -0.389 e. The second-order valence-electron chi connectivity index (χ2n) is 4.70. The molecule has 102 valence electrons. The van der Waals surface area contributed by atoms with E-state index in [0.717, 1.165) is 37.2 Å². The number of hydrogen-bond donors (Lipinski definition) is 1. The first kappa shape index (κ1) is 13.7. The molecule has 1 saturated heterocycles. The summed E-state index contributed by atoms with van der Waals surface area (Å²) in [7, 11) is 1.85. The molecule has 0 saturated carbocycles. The van der Waals surface area contributed by atoms with Crippen molar-refractivity contribution in [3.05, 3.63) is 24.0 Å². The van der Waals surface area contributed by atoms with Gasteiger partial charge in [0.1, 0.15) is 4.99 Å². The molecule has 0 spiro atoms. The number of hydrogen-bond acceptors (Lipinski definition) is 4. The van der Waals surface area contributed by atoms with Gasteiger partial charge in [0.05, 0.1) is 18.4 Å². The minimum absolute atomic E-state index is 0.137. The maximum atomic E-state index is 12.1. The van der Waals surface area contributed by atoms with Crippen molar-refractivity contribution in [1.29, 1.82) is 0 Å². The highest BCUT2D eigenvalue weighted by Crippen LogP contribution is 2.18. The fourth-order valence-corrected chi connectivity index (χ4v) is 2.43. The molecular weight excluding hydrogens is 260 g/mol. The first-order valence-corrected chi connectivity index (χ1v) is 6.73. The van der Waals surface area contributed by atoms with Crippen LogP contribution in [-0.4, -0.2) is 47.5 Å². The average molecular weight is 278 g/mol. The van der Waals surface area contributed by atoms with Gasteiger partial charge in [0, 0.05) is 31.9 Å². The lowest BCUT2D eigenvalue weighted by molar-refractivity contribution is -0.128. The van der Waals surface area contributed by atoms with E-state index in [0.29, 0.717) is 11.5 Å². The fourth-order valence-electron chi connectivity index (χ4n) is 2.25. The van der Waals surface area contributed by atoms with Crippen molar-refractivity contribution in [3.8, 4) is 0 Å². The number of nitrogens with zero attached hydrogens (tertiary/aromatic N) is 3. The van der Waals surface area contributed by atoms with Gasteiger partial charge in [-0.05, 0) is 18.9 Å². The molecule has 2 N–H and O–H groups in total. The Morgan fingerprint density at radius 2 is 2.21 bits per heavy atom. The van der Waals surface area contributed by atoms with Crippen LogP contribution in [0.5, 0.6) is 0 Å². The Morgan fingerprint density at radius 1 is 1.53 bits per heavy atom. The van der Waals surface area contributed by atoms with E-state index in [1.807, 2.05) is 16.8 Å². The van der Waals surface area contributed by atoms with Crippen LogP contribution >= 0.6 is 12.2 Å². The summed E-state index contributed by atoms with van der Waals surface area (Å²) in [5.74, 6) is 0.137. The largest absolute Gasteiger partial charge is 0.389 e. The Balaban J connectivity index is 2.09. The Morgan fingerprint density at radius 3 is 2.84 bits per heavy atom. The van der Waals surface area contributed by atoms with E-state index in [4.69, 9.17) is 18.0 Å². The molecule has 0 bridgehead atoms. The quantitative estimate of drug-likeness (QED) is 0.825. The molecule has 2 rings (SSSR count). The summed E-state index contributed by atoms with van der Waals surface area (Å²) in [6.07, 6.45) is 5.53. The van der Waals surface area contributed by atoms with Gasteiger partial charge in [-0.15, -0.1) is 0 Å². The van der Waals surface area contributed by atoms with Crippen LogP contribution in [0, 0.1) is 0 Å². The molecule has 1 aromatic rings. The van der Waals surface area contributed by atoms with Gasteiger partial charge in [-0.2, -0.15) is 0 Å². The lowest BCUT2D eigenvalue weighted by Gasteiger charge is -2.24. The summed E-state index contributed by atoms with van der Waals surface area (Å²) in [6.45, 7) is 2.05. The van der Waals surface area contributed by atoms with Crippen LogP contribution in [0.3, 0.4) is 0 Å². The number of rotatable bonds is 4. The highest BCUT2D eigenvalue weighted by molar-refractivity contribution is 7.80. The number of anilines is 1. The third-order valence-corrected chi connectivity index (χ3v) is 3.53. The summed E-state index contributed by atoms with van der Waals surface area (Å²) >= 11 is 5.02. The Bertz CT molecular complexity index is 485. The van der Waals surface area contributed by atoms with E-state index in [-0.39, 0.29) is 5.91 Å². The van der Waals surface area contributed by atoms with E-state index in [2.05, 4.69) is 4.98 Å². The molecule has 1 amide bonds. The van der Waals surface area contributed by atoms with Crippen LogP contribution in [0.4, 0.5) is 5.69 Å². The van der Waals surface area contributed by atoms with Crippen molar-refractivity contribution < 1.29 is 4.79 Å². The van der Waals surface area contributed by atoms with Crippen LogP contribution in [0.2, 0.25) is 0 Å². The number of carbonyl (C=O) groups excluding carboxylic acids is 1. The number of amides is 1. The number of likely N-dealkylation sites (tertiary alicyclic amines) is 1. The van der Waals surface area contributed by atoms with Gasteiger partial charge in [-0.1, -0.05) is 12.2 Å². The predicted molar refractivity (Wildman–Crippen MR) is 79.2 cm³/mol. The minimum atomic E-state index is 0.137. The Hall–Kier alpha value is -1.69. The van der Waals surface area contributed by atoms with Crippen molar-refractivity contribution in [3.63, 3.8) is 0 Å². The predicted octanol–water partition coefficient (Wildman–Crippen LogP) is 0.774. The van der Waals surface area contributed by atoms with Crippen LogP contribution in [0.15, 0.2) is 18.5 Å². The highest BCUT2D eigenvalue weighted by Gasteiger charge is 2.20. The topological polar surface area (TPSA) is 62.5 Å². The van der Waals surface area contributed by atoms with E-state index >= 15 is 0 Å². The van der Waals surface area contributed by atoms with E-state index in [9.17, 15) is 4.79 Å². The van der Waals surface area contributed by atoms with Crippen molar-refractivity contribution >= 4 is 28.8 Å². The SMILES string of the molecule is CN(CC(=O)N1CCCC1)c1cnccc1C(N)=S. The van der Waals surface area contributed by atoms with E-state index < -0.39 is 0 Å². The molecule has 0 atom stereocenters. The summed E-state index contributed by atoms with van der Waals surface area (Å²) < 4.78 is 0. The molecule has 5 nitrogen and oxygen atoms in total. The Kier molecular flexibility index (Phi) is 4.31. The van der Waals surface area contributed by atoms with Crippen molar-refractivity contribution in [2.45, 2.75) is 12.8 Å². The molecule has 1 aliphatic heterocycles. The van der Waals surface area contributed by atoms with Crippen LogP contribution < -0.4 is 10.6 Å². The van der Waals surface area contributed by atoms with Gasteiger partial charge in [0.2, 0.25) is 5.91 Å². The summed E-state index contributed by atoms with van der Waals surface area (Å²) in [5, 5.41) is 0. The molecule has 2 heterocycles. The summed E-state index contributed by atoms with van der Waals surface area (Å²) in [4.78, 5) is 20.2. The fraction of sp³-hybridized carbons (Fsp3) is 0.462. The smallest absolute Gasteiger partial charge is 0.242 e. The summed E-state index contributed by atoms with van der Waals surface area (Å²) in [6, 6.07) is 1.77. The second-order valence-corrected chi connectivity index (χ2v) is 5.14. The number of likely N-dealkylation sites (N-methyl/N-ethyl adjacent to an activating group) is 1. The third kappa shape index (κ3) is 3.20. The Labute approximate surface area is 118 Å². The summed E-state index contributed by atoms with van der Waals surface area (Å²) in [5.41, 5.74) is 7.23. The van der Waals surface area contributed by atoms with Crippen LogP contribution in [-0.2, 0) is 4.79 Å². The van der Waals surface area contributed by atoms with Gasteiger partial charge >= 0.3 is 0 Å². The van der Waals surface area contributed by atoms with Gasteiger partial charge < -0.3 is 15.5 Å². The van der Waals surface area contributed by atoms with Gasteiger partial charge in [0.25, 0.3) is 0 Å². The van der Waals surface area contributed by atoms with Crippen LogP contribution in [0.25, 0.3) is 0 Å². The van der Waals surface area contributed by atoms with E-state index in [1.54, 1.807) is 18.5 Å². The molecule has 0 radical (unpaired) electrons. The number of nitrogens with two attached hydrogens (primary N) is 1. The maximum Gasteiger partial charge on any atom is 0.242 e. The molecule has 6 heteroatoms. The molecule has 19 heavy (non-hydrogen) atoms. The third-order valence-electron chi connectivity index (χ3n) is 3.31. The zero-order chi connectivity index (χ0) is 13.8. The zero-order valence-corrected chi connectivity index (χ0v) is 11.8. The van der Waals surface area contributed by atoms with Gasteiger partial charge in [-0.3, -0.25) is 9.78 Å². The van der Waals surface area contributed by atoms with Gasteiger partial charge in [-0.25, -0.2) is 0 Å². The number of carbonyl (C=O) groups is 1. The molecule has 1 fully saturated rings. The van der Waals surface area contributed by atoms with Crippen molar-refractivity contribution in [1.82, 2.24) is 9.88 Å². The molecular formula is C13H18N4OS. The number of pyridine rings is 1. The van der Waals surface area contributed by atoms with Gasteiger partial charge in [0.15, 0.2) is 0 Å². The van der Waals surface area contributed by atoms with Crippen LogP contribution in [0.1, 0.15) is 18.4 Å². The molecule has 0 aliphatic carbocycles. The number of aromatic nitrogens is 1. The number of thiocarbonyl (C=S) groups is 1. The first-order chi connectivity index (χ1) is 9.09. The molecule has 1 aromatic heterocycles. The normalized spacial score (nSPS) is 14.5. The monoisotopic (exact) mass is 278 g/mol. The zero-order valence-electron chi connectivity index (χ0n) is 11.0. The second kappa shape index (κ2) is 5.97. The van der Waals surface area contributed by atoms with Crippen molar-refractivity contribution in [2.75, 3.05) is 31.6 Å². The lowest BCUT2D eigenvalue weighted by atomic mass is 10.2. The maximum absolute atomic E-state index is 12.1. The molecule has 1 aliphatic rings. The average Bonchev–Trinajstić information content (AvgIpc) is 2.92. The first-order valence-electron chi connectivity index (χ1n) is 6.32. The highest BCUT2D eigenvalue weighted by atomic mass is 32.1.